The van der Waals surface area contributed by atoms with E-state index in [4.69, 9.17) is 11.6 Å². The van der Waals surface area contributed by atoms with Crippen molar-refractivity contribution in [3.8, 4) is 0 Å². The fourth-order valence-electron chi connectivity index (χ4n) is 3.61. The first-order valence-corrected chi connectivity index (χ1v) is 11.9. The normalized spacial score (nSPS) is 13.8. The molecule has 0 aliphatic carbocycles. The second-order valence-electron chi connectivity index (χ2n) is 7.40. The molecule has 1 saturated heterocycles. The van der Waals surface area contributed by atoms with Crippen molar-refractivity contribution in [1.82, 2.24) is 0 Å². The van der Waals surface area contributed by atoms with Gasteiger partial charge in [-0.25, -0.2) is 12.8 Å². The first kappa shape index (κ1) is 22.1. The molecule has 0 radical (unpaired) electrons. The Bertz CT molecular complexity index is 1260. The molecule has 1 amide bonds. The average Bonchev–Trinajstić information content (AvgIpc) is 3.30. The standard InChI is InChI=1S/C23H21ClFN3O3S/c24-18-8-2-4-10-20(18)27-32(30,31)22-15-16(11-12-21(22)28-13-5-6-14-28)26-23(29)17-7-1-3-9-19(17)25/h1-4,7-12,15,27H,5-6,13-14H2,(H,26,29). The van der Waals surface area contributed by atoms with Crippen LogP contribution in [0.4, 0.5) is 21.5 Å². The Morgan fingerprint density at radius 3 is 2.38 bits per heavy atom. The van der Waals surface area contributed by atoms with Crippen molar-refractivity contribution in [1.29, 1.82) is 0 Å². The van der Waals surface area contributed by atoms with E-state index >= 15 is 0 Å². The van der Waals surface area contributed by atoms with Crippen LogP contribution in [-0.2, 0) is 10.0 Å². The second-order valence-corrected chi connectivity index (χ2v) is 9.45. The number of benzene rings is 3. The van der Waals surface area contributed by atoms with Crippen molar-refractivity contribution in [2.75, 3.05) is 28.0 Å². The van der Waals surface area contributed by atoms with Crippen LogP contribution in [0.25, 0.3) is 0 Å². The molecule has 9 heteroatoms. The number of nitrogens with zero attached hydrogens (tertiary/aromatic N) is 1. The van der Waals surface area contributed by atoms with Gasteiger partial charge in [0.2, 0.25) is 0 Å². The van der Waals surface area contributed by atoms with Gasteiger partial charge in [0.1, 0.15) is 10.7 Å². The van der Waals surface area contributed by atoms with Crippen molar-refractivity contribution in [2.45, 2.75) is 17.7 Å². The van der Waals surface area contributed by atoms with Gasteiger partial charge in [-0.05, 0) is 55.3 Å². The maximum absolute atomic E-state index is 14.0. The van der Waals surface area contributed by atoms with Crippen LogP contribution in [0.1, 0.15) is 23.2 Å². The summed E-state index contributed by atoms with van der Waals surface area (Å²) in [7, 11) is -4.04. The smallest absolute Gasteiger partial charge is 0.264 e. The van der Waals surface area contributed by atoms with Gasteiger partial charge in [-0.15, -0.1) is 0 Å². The number of hydrogen-bond donors (Lipinski definition) is 2. The van der Waals surface area contributed by atoms with Gasteiger partial charge in [-0.1, -0.05) is 35.9 Å². The molecule has 1 aliphatic heterocycles. The summed E-state index contributed by atoms with van der Waals surface area (Å²) in [4.78, 5) is 14.5. The predicted molar refractivity (Wildman–Crippen MR) is 125 cm³/mol. The minimum absolute atomic E-state index is 0.00523. The molecule has 0 atom stereocenters. The van der Waals surface area contributed by atoms with E-state index in [0.717, 1.165) is 25.9 Å². The summed E-state index contributed by atoms with van der Waals surface area (Å²) in [6, 6.07) is 16.8. The summed E-state index contributed by atoms with van der Waals surface area (Å²) in [5.74, 6) is -1.33. The molecular formula is C23H21ClFN3O3S. The first-order valence-electron chi connectivity index (χ1n) is 10.1. The Kier molecular flexibility index (Phi) is 6.34. The number of amides is 1. The van der Waals surface area contributed by atoms with E-state index in [1.54, 1.807) is 42.5 Å². The molecule has 166 valence electrons. The molecule has 2 N–H and O–H groups in total. The molecule has 1 fully saturated rings. The third-order valence-electron chi connectivity index (χ3n) is 5.19. The van der Waals surface area contributed by atoms with Gasteiger partial charge in [0.15, 0.2) is 0 Å². The summed E-state index contributed by atoms with van der Waals surface area (Å²) >= 11 is 6.14. The van der Waals surface area contributed by atoms with Crippen molar-refractivity contribution in [3.05, 3.63) is 83.1 Å². The van der Waals surface area contributed by atoms with E-state index in [0.29, 0.717) is 5.69 Å². The van der Waals surface area contributed by atoms with Gasteiger partial charge >= 0.3 is 0 Å². The molecule has 0 bridgehead atoms. The lowest BCUT2D eigenvalue weighted by atomic mass is 10.2. The lowest BCUT2D eigenvalue weighted by Crippen LogP contribution is -2.23. The van der Waals surface area contributed by atoms with E-state index in [9.17, 15) is 17.6 Å². The Labute approximate surface area is 191 Å². The highest BCUT2D eigenvalue weighted by molar-refractivity contribution is 7.93. The van der Waals surface area contributed by atoms with E-state index in [1.165, 1.54) is 24.3 Å². The number of anilines is 3. The van der Waals surface area contributed by atoms with Crippen LogP contribution < -0.4 is 14.9 Å². The number of hydrogen-bond acceptors (Lipinski definition) is 4. The molecule has 0 unspecified atom stereocenters. The third-order valence-corrected chi connectivity index (χ3v) is 6.91. The molecule has 1 heterocycles. The molecule has 32 heavy (non-hydrogen) atoms. The highest BCUT2D eigenvalue weighted by Gasteiger charge is 2.25. The van der Waals surface area contributed by atoms with Crippen molar-refractivity contribution < 1.29 is 17.6 Å². The van der Waals surface area contributed by atoms with Crippen molar-refractivity contribution >= 4 is 44.6 Å². The Morgan fingerprint density at radius 1 is 0.969 bits per heavy atom. The topological polar surface area (TPSA) is 78.5 Å². The lowest BCUT2D eigenvalue weighted by Gasteiger charge is -2.22. The molecular weight excluding hydrogens is 453 g/mol. The van der Waals surface area contributed by atoms with Gasteiger partial charge in [0.05, 0.1) is 22.0 Å². The van der Waals surface area contributed by atoms with Gasteiger partial charge in [-0.3, -0.25) is 9.52 Å². The maximum atomic E-state index is 14.0. The molecule has 0 spiro atoms. The number of rotatable bonds is 6. The molecule has 1 aliphatic rings. The highest BCUT2D eigenvalue weighted by Crippen LogP contribution is 2.33. The third kappa shape index (κ3) is 4.71. The quantitative estimate of drug-likeness (QED) is 0.520. The van der Waals surface area contributed by atoms with Gasteiger partial charge in [0, 0.05) is 18.8 Å². The second kappa shape index (κ2) is 9.18. The Morgan fingerprint density at radius 2 is 1.66 bits per heavy atom. The largest absolute Gasteiger partial charge is 0.370 e. The number of carbonyl (C=O) groups is 1. The van der Waals surface area contributed by atoms with Gasteiger partial charge < -0.3 is 10.2 Å². The molecule has 3 aromatic carbocycles. The molecule has 0 saturated carbocycles. The predicted octanol–water partition coefficient (Wildman–Crippen LogP) is 5.13. The Hall–Kier alpha value is -3.10. The fourth-order valence-corrected chi connectivity index (χ4v) is 5.18. The van der Waals surface area contributed by atoms with Crippen LogP contribution in [0.5, 0.6) is 0 Å². The van der Waals surface area contributed by atoms with Crippen LogP contribution in [0.3, 0.4) is 0 Å². The van der Waals surface area contributed by atoms with Crippen LogP contribution >= 0.6 is 11.6 Å². The minimum atomic E-state index is -4.04. The summed E-state index contributed by atoms with van der Waals surface area (Å²) < 4.78 is 43.2. The molecule has 0 aromatic heterocycles. The Balaban J connectivity index is 1.71. The van der Waals surface area contributed by atoms with E-state index in [2.05, 4.69) is 10.0 Å². The number of carbonyl (C=O) groups excluding carboxylic acids is 1. The minimum Gasteiger partial charge on any atom is -0.370 e. The summed E-state index contributed by atoms with van der Waals surface area (Å²) in [6.45, 7) is 1.46. The zero-order valence-electron chi connectivity index (χ0n) is 17.0. The summed E-state index contributed by atoms with van der Waals surface area (Å²) in [5.41, 5.74) is 0.892. The van der Waals surface area contributed by atoms with Crippen LogP contribution in [0.15, 0.2) is 71.6 Å². The molecule has 4 rings (SSSR count). The number of sulfonamides is 1. The van der Waals surface area contributed by atoms with E-state index in [-0.39, 0.29) is 26.9 Å². The monoisotopic (exact) mass is 473 g/mol. The van der Waals surface area contributed by atoms with Crippen LogP contribution in [-0.4, -0.2) is 27.4 Å². The molecule has 6 nitrogen and oxygen atoms in total. The average molecular weight is 474 g/mol. The number of halogens is 2. The van der Waals surface area contributed by atoms with Crippen LogP contribution in [0, 0.1) is 5.82 Å². The van der Waals surface area contributed by atoms with E-state index in [1.807, 2.05) is 4.90 Å². The summed E-state index contributed by atoms with van der Waals surface area (Å²) in [5, 5.41) is 2.86. The zero-order valence-corrected chi connectivity index (χ0v) is 18.6. The zero-order chi connectivity index (χ0) is 22.7. The highest BCUT2D eigenvalue weighted by atomic mass is 35.5. The number of para-hydroxylation sites is 1. The van der Waals surface area contributed by atoms with E-state index < -0.39 is 21.7 Å². The summed E-state index contributed by atoms with van der Waals surface area (Å²) in [6.07, 6.45) is 1.92. The first-order chi connectivity index (χ1) is 15.3. The number of nitrogens with one attached hydrogen (secondary N) is 2. The van der Waals surface area contributed by atoms with Gasteiger partial charge in [-0.2, -0.15) is 0 Å². The van der Waals surface area contributed by atoms with Crippen molar-refractivity contribution in [2.24, 2.45) is 0 Å². The fraction of sp³-hybridized carbons (Fsp3) is 0.174. The van der Waals surface area contributed by atoms with Crippen LogP contribution in [0.2, 0.25) is 5.02 Å². The lowest BCUT2D eigenvalue weighted by molar-refractivity contribution is 0.102. The van der Waals surface area contributed by atoms with Gasteiger partial charge in [0.25, 0.3) is 15.9 Å². The SMILES string of the molecule is O=C(Nc1ccc(N2CCCC2)c(S(=O)(=O)Nc2ccccc2Cl)c1)c1ccccc1F. The van der Waals surface area contributed by atoms with Crippen molar-refractivity contribution in [3.63, 3.8) is 0 Å². The molecule has 3 aromatic rings. The maximum Gasteiger partial charge on any atom is 0.264 e.